The van der Waals surface area contributed by atoms with Gasteiger partial charge in [-0.05, 0) is 42.7 Å². The van der Waals surface area contributed by atoms with E-state index in [1.165, 1.54) is 31.4 Å². The molecule has 162 valence electrons. The number of carbonyl (C=O) groups is 2. The van der Waals surface area contributed by atoms with Crippen LogP contribution in [0.3, 0.4) is 0 Å². The van der Waals surface area contributed by atoms with Gasteiger partial charge in [0.05, 0.1) is 28.8 Å². The van der Waals surface area contributed by atoms with Gasteiger partial charge < -0.3 is 19.8 Å². The number of amides is 1. The van der Waals surface area contributed by atoms with Crippen molar-refractivity contribution in [3.05, 3.63) is 63.1 Å². The Balaban J connectivity index is 1.91. The molecule has 0 spiro atoms. The van der Waals surface area contributed by atoms with Crippen LogP contribution in [-0.2, 0) is 9.59 Å². The number of benzene rings is 2. The minimum Gasteiger partial charge on any atom is -0.508 e. The zero-order chi connectivity index (χ0) is 22.3. The maximum absolute atomic E-state index is 13.1. The second kappa shape index (κ2) is 8.44. The summed E-state index contributed by atoms with van der Waals surface area (Å²) in [5.74, 6) is -1.56. The van der Waals surface area contributed by atoms with Crippen LogP contribution in [0, 0.1) is 0 Å². The van der Waals surface area contributed by atoms with E-state index in [0.717, 1.165) is 25.7 Å². The Labute approximate surface area is 189 Å². The molecule has 1 atom stereocenters. The quantitative estimate of drug-likeness (QED) is 0.376. The van der Waals surface area contributed by atoms with Crippen molar-refractivity contribution >= 4 is 40.7 Å². The van der Waals surface area contributed by atoms with Crippen molar-refractivity contribution in [1.82, 2.24) is 4.90 Å². The molecule has 1 saturated heterocycles. The van der Waals surface area contributed by atoms with Crippen LogP contribution >= 0.6 is 23.2 Å². The maximum atomic E-state index is 13.1. The van der Waals surface area contributed by atoms with E-state index in [4.69, 9.17) is 27.9 Å². The normalized spacial score (nSPS) is 21.1. The van der Waals surface area contributed by atoms with E-state index < -0.39 is 17.7 Å². The fourth-order valence-electron chi connectivity index (χ4n) is 4.48. The fourth-order valence-corrected chi connectivity index (χ4v) is 5.12. The molecule has 2 fully saturated rings. The predicted octanol–water partition coefficient (Wildman–Crippen LogP) is 5.07. The molecule has 0 bridgehead atoms. The van der Waals surface area contributed by atoms with Gasteiger partial charge in [-0.3, -0.25) is 9.59 Å². The van der Waals surface area contributed by atoms with Gasteiger partial charge in [0.15, 0.2) is 5.75 Å². The number of phenols is 1. The van der Waals surface area contributed by atoms with Crippen molar-refractivity contribution in [3.63, 3.8) is 0 Å². The number of methoxy groups -OCH3 is 1. The highest BCUT2D eigenvalue weighted by Crippen LogP contribution is 2.45. The van der Waals surface area contributed by atoms with Crippen molar-refractivity contribution in [3.8, 4) is 11.5 Å². The zero-order valence-electron chi connectivity index (χ0n) is 16.8. The third-order valence-corrected chi connectivity index (χ3v) is 6.42. The van der Waals surface area contributed by atoms with Gasteiger partial charge in [0.25, 0.3) is 11.7 Å². The summed E-state index contributed by atoms with van der Waals surface area (Å²) in [5, 5.41) is 21.5. The highest BCUT2D eigenvalue weighted by Gasteiger charge is 2.49. The molecule has 31 heavy (non-hydrogen) atoms. The van der Waals surface area contributed by atoms with Crippen LogP contribution in [0.1, 0.15) is 42.9 Å². The second-order valence-corrected chi connectivity index (χ2v) is 8.53. The van der Waals surface area contributed by atoms with Gasteiger partial charge in [-0.1, -0.05) is 48.2 Å². The number of phenolic OH excluding ortho intramolecular Hbond substituents is 1. The first-order valence-electron chi connectivity index (χ1n) is 9.96. The molecule has 0 radical (unpaired) electrons. The molecule has 1 aliphatic heterocycles. The van der Waals surface area contributed by atoms with Gasteiger partial charge in [0.1, 0.15) is 11.5 Å². The number of nitrogens with zero attached hydrogens (tertiary/aromatic N) is 1. The van der Waals surface area contributed by atoms with Gasteiger partial charge in [-0.2, -0.15) is 0 Å². The number of ketones is 1. The maximum Gasteiger partial charge on any atom is 0.295 e. The Bertz CT molecular complexity index is 1070. The van der Waals surface area contributed by atoms with Gasteiger partial charge in [-0.15, -0.1) is 0 Å². The van der Waals surface area contributed by atoms with Gasteiger partial charge in [0, 0.05) is 11.6 Å². The lowest BCUT2D eigenvalue weighted by molar-refractivity contribution is -0.141. The highest BCUT2D eigenvalue weighted by molar-refractivity contribution is 6.47. The minimum atomic E-state index is -0.824. The number of rotatable bonds is 4. The van der Waals surface area contributed by atoms with Crippen LogP contribution in [0.15, 0.2) is 42.0 Å². The standard InChI is InChI=1S/C23H21Cl2NO5/c1-31-22-16(24)10-13(11-17(22)25)20(28)18-19(12-5-4-8-15(27)9-12)26(23(30)21(18)29)14-6-2-3-7-14/h4-5,8-11,14,19,27-28H,2-3,6-7H2,1H3/b20-18+. The predicted molar refractivity (Wildman–Crippen MR) is 118 cm³/mol. The van der Waals surface area contributed by atoms with Crippen LogP contribution in [0.5, 0.6) is 11.5 Å². The molecule has 4 rings (SSSR count). The molecule has 8 heteroatoms. The Morgan fingerprint density at radius 1 is 1.10 bits per heavy atom. The number of aliphatic hydroxyl groups is 1. The van der Waals surface area contributed by atoms with E-state index in [1.807, 2.05) is 0 Å². The molecule has 2 aliphatic rings. The number of aliphatic hydroxyl groups excluding tert-OH is 1. The molecule has 0 aromatic heterocycles. The Morgan fingerprint density at radius 2 is 1.74 bits per heavy atom. The van der Waals surface area contributed by atoms with Crippen LogP contribution in [0.4, 0.5) is 0 Å². The third-order valence-electron chi connectivity index (χ3n) is 5.86. The number of Topliss-reactive ketones (excluding diaryl/α,β-unsaturated/α-hetero) is 1. The summed E-state index contributed by atoms with van der Waals surface area (Å²) in [7, 11) is 1.42. The lowest BCUT2D eigenvalue weighted by atomic mass is 9.94. The summed E-state index contributed by atoms with van der Waals surface area (Å²) in [6, 6.07) is 8.30. The number of hydrogen-bond donors (Lipinski definition) is 2. The van der Waals surface area contributed by atoms with Gasteiger partial charge in [-0.25, -0.2) is 0 Å². The van der Waals surface area contributed by atoms with E-state index in [9.17, 15) is 19.8 Å². The largest absolute Gasteiger partial charge is 0.508 e. The molecule has 6 nitrogen and oxygen atoms in total. The SMILES string of the molecule is COc1c(Cl)cc(/C(O)=C2\C(=O)C(=O)N(C3CCCC3)C2c2cccc(O)c2)cc1Cl. The molecule has 1 saturated carbocycles. The average molecular weight is 462 g/mol. The van der Waals surface area contributed by atoms with Crippen LogP contribution < -0.4 is 4.74 Å². The van der Waals surface area contributed by atoms with E-state index in [-0.39, 0.29) is 44.5 Å². The van der Waals surface area contributed by atoms with Gasteiger partial charge in [0.2, 0.25) is 0 Å². The first-order valence-corrected chi connectivity index (χ1v) is 10.7. The van der Waals surface area contributed by atoms with Crippen molar-refractivity contribution in [2.45, 2.75) is 37.8 Å². The van der Waals surface area contributed by atoms with Gasteiger partial charge >= 0.3 is 0 Å². The summed E-state index contributed by atoms with van der Waals surface area (Å²) >= 11 is 12.4. The van der Waals surface area contributed by atoms with Crippen LogP contribution in [-0.4, -0.2) is 40.0 Å². The monoisotopic (exact) mass is 461 g/mol. The number of ether oxygens (including phenoxy) is 1. The van der Waals surface area contributed by atoms with Crippen molar-refractivity contribution < 1.29 is 24.5 Å². The van der Waals surface area contributed by atoms with Crippen LogP contribution in [0.2, 0.25) is 10.0 Å². The lowest BCUT2D eigenvalue weighted by Crippen LogP contribution is -2.37. The lowest BCUT2D eigenvalue weighted by Gasteiger charge is -2.30. The first-order chi connectivity index (χ1) is 14.8. The Morgan fingerprint density at radius 3 is 2.32 bits per heavy atom. The first kappa shape index (κ1) is 21.5. The molecule has 1 aliphatic carbocycles. The van der Waals surface area contributed by atoms with Crippen molar-refractivity contribution in [2.24, 2.45) is 0 Å². The highest BCUT2D eigenvalue weighted by atomic mass is 35.5. The summed E-state index contributed by atoms with van der Waals surface area (Å²) in [4.78, 5) is 27.7. The Hall–Kier alpha value is -2.70. The molecule has 2 N–H and O–H groups in total. The molecule has 1 unspecified atom stereocenters. The number of halogens is 2. The molecular weight excluding hydrogens is 441 g/mol. The molecule has 2 aromatic rings. The number of likely N-dealkylation sites (tertiary alicyclic amines) is 1. The molecule has 2 aromatic carbocycles. The van der Waals surface area contributed by atoms with Crippen LogP contribution in [0.25, 0.3) is 5.76 Å². The summed E-state index contributed by atoms with van der Waals surface area (Å²) in [6.07, 6.45) is 3.49. The third kappa shape index (κ3) is 3.75. The van der Waals surface area contributed by atoms with E-state index in [2.05, 4.69) is 0 Å². The molecular formula is C23H21Cl2NO5. The minimum absolute atomic E-state index is 0.00467. The summed E-state index contributed by atoms with van der Waals surface area (Å²) in [5.41, 5.74) is 0.684. The summed E-state index contributed by atoms with van der Waals surface area (Å²) < 4.78 is 5.14. The Kier molecular flexibility index (Phi) is 5.86. The number of aromatic hydroxyl groups is 1. The second-order valence-electron chi connectivity index (χ2n) is 7.71. The zero-order valence-corrected chi connectivity index (χ0v) is 18.3. The number of carbonyl (C=O) groups excluding carboxylic acids is 2. The van der Waals surface area contributed by atoms with E-state index in [1.54, 1.807) is 17.0 Å². The van der Waals surface area contributed by atoms with Crippen molar-refractivity contribution in [2.75, 3.05) is 7.11 Å². The topological polar surface area (TPSA) is 87.1 Å². The van der Waals surface area contributed by atoms with E-state index >= 15 is 0 Å². The smallest absolute Gasteiger partial charge is 0.295 e. The number of hydrogen-bond acceptors (Lipinski definition) is 5. The molecule has 1 amide bonds. The van der Waals surface area contributed by atoms with E-state index in [0.29, 0.717) is 5.56 Å². The fraction of sp³-hybridized carbons (Fsp3) is 0.304. The van der Waals surface area contributed by atoms with Crippen molar-refractivity contribution in [1.29, 1.82) is 0 Å². The summed E-state index contributed by atoms with van der Waals surface area (Å²) in [6.45, 7) is 0. The average Bonchev–Trinajstić information content (AvgIpc) is 3.34. The molecule has 1 heterocycles.